The number of para-hydroxylation sites is 1. The largest absolute Gasteiger partial charge is 0.490 e. The summed E-state index contributed by atoms with van der Waals surface area (Å²) in [7, 11) is -1.55. The highest BCUT2D eigenvalue weighted by Gasteiger charge is 2.21. The summed E-state index contributed by atoms with van der Waals surface area (Å²) in [5, 5.41) is 18.1. The second kappa shape index (κ2) is 3.36. The van der Waals surface area contributed by atoms with E-state index in [1.807, 2.05) is 0 Å². The first kappa shape index (κ1) is 9.11. The number of ketones is 1. The van der Waals surface area contributed by atoms with Gasteiger partial charge in [0, 0.05) is 11.9 Å². The van der Waals surface area contributed by atoms with Crippen LogP contribution >= 0.6 is 0 Å². The van der Waals surface area contributed by atoms with Crippen LogP contribution in [-0.2, 0) is 11.2 Å². The van der Waals surface area contributed by atoms with Crippen molar-refractivity contribution in [2.24, 2.45) is 4.99 Å². The zero-order valence-corrected chi connectivity index (χ0v) is 7.34. The fourth-order valence-electron chi connectivity index (χ4n) is 1.49. The van der Waals surface area contributed by atoms with E-state index in [2.05, 4.69) is 4.99 Å². The van der Waals surface area contributed by atoms with Gasteiger partial charge in [-0.3, -0.25) is 9.79 Å². The SMILES string of the molecule is O=C1C=Nc2c(cccc2B(O)O)C1. The van der Waals surface area contributed by atoms with E-state index >= 15 is 0 Å². The Balaban J connectivity index is 2.55. The van der Waals surface area contributed by atoms with E-state index in [0.717, 1.165) is 5.56 Å². The molecule has 0 atom stereocenters. The molecule has 0 saturated heterocycles. The van der Waals surface area contributed by atoms with E-state index in [1.54, 1.807) is 18.2 Å². The number of fused-ring (bicyclic) bond motifs is 1. The van der Waals surface area contributed by atoms with Crippen molar-refractivity contribution in [2.75, 3.05) is 0 Å². The Morgan fingerprint density at radius 1 is 1.36 bits per heavy atom. The van der Waals surface area contributed by atoms with Gasteiger partial charge in [-0.25, -0.2) is 0 Å². The normalized spacial score (nSPS) is 14.0. The third kappa shape index (κ3) is 1.47. The maximum absolute atomic E-state index is 11.0. The molecule has 1 heterocycles. The average molecular weight is 189 g/mol. The van der Waals surface area contributed by atoms with Crippen molar-refractivity contribution in [1.82, 2.24) is 0 Å². The summed E-state index contributed by atoms with van der Waals surface area (Å²) in [6.07, 6.45) is 1.49. The van der Waals surface area contributed by atoms with Crippen LogP contribution in [0.2, 0.25) is 0 Å². The van der Waals surface area contributed by atoms with E-state index < -0.39 is 7.12 Å². The van der Waals surface area contributed by atoms with E-state index in [4.69, 9.17) is 10.0 Å². The fourth-order valence-corrected chi connectivity index (χ4v) is 1.49. The van der Waals surface area contributed by atoms with Crippen LogP contribution in [0.25, 0.3) is 0 Å². The first-order valence-corrected chi connectivity index (χ1v) is 4.23. The first-order valence-electron chi connectivity index (χ1n) is 4.23. The van der Waals surface area contributed by atoms with Gasteiger partial charge in [-0.1, -0.05) is 18.2 Å². The Bertz CT molecular complexity index is 415. The first-order chi connectivity index (χ1) is 6.68. The summed E-state index contributed by atoms with van der Waals surface area (Å²) >= 11 is 0. The summed E-state index contributed by atoms with van der Waals surface area (Å²) in [6.45, 7) is 0. The number of benzene rings is 1. The summed E-state index contributed by atoms with van der Waals surface area (Å²) in [5.74, 6) is -0.0675. The number of Topliss-reactive ketones (excluding diaryl/α,β-unsaturated/α-hetero) is 1. The maximum atomic E-state index is 11.0. The molecular formula is C9H8BNO3. The van der Waals surface area contributed by atoms with E-state index in [0.29, 0.717) is 11.2 Å². The number of hydrogen-bond acceptors (Lipinski definition) is 4. The van der Waals surface area contributed by atoms with Crippen LogP contribution in [0.15, 0.2) is 23.2 Å². The minimum Gasteiger partial charge on any atom is -0.423 e. The molecule has 0 saturated carbocycles. The zero-order chi connectivity index (χ0) is 10.1. The van der Waals surface area contributed by atoms with Crippen molar-refractivity contribution >= 4 is 30.3 Å². The number of aliphatic imine (C=N–C) groups is 1. The molecule has 0 aromatic heterocycles. The van der Waals surface area contributed by atoms with E-state index in [-0.39, 0.29) is 12.2 Å². The maximum Gasteiger partial charge on any atom is 0.490 e. The minimum absolute atomic E-state index is 0.0675. The molecule has 1 aliphatic rings. The summed E-state index contributed by atoms with van der Waals surface area (Å²) < 4.78 is 0. The molecule has 0 unspecified atom stereocenters. The molecule has 0 amide bonds. The molecule has 1 aliphatic heterocycles. The lowest BCUT2D eigenvalue weighted by Gasteiger charge is -2.12. The molecule has 1 aromatic rings. The number of hydrogen-bond donors (Lipinski definition) is 2. The van der Waals surface area contributed by atoms with Gasteiger partial charge < -0.3 is 10.0 Å². The van der Waals surface area contributed by atoms with Crippen LogP contribution in [0.1, 0.15) is 5.56 Å². The van der Waals surface area contributed by atoms with Crippen molar-refractivity contribution in [3.8, 4) is 0 Å². The number of nitrogens with zero attached hydrogens (tertiary/aromatic N) is 1. The average Bonchev–Trinajstić information content (AvgIpc) is 2.16. The molecule has 5 heteroatoms. The van der Waals surface area contributed by atoms with Gasteiger partial charge in [0.1, 0.15) is 0 Å². The number of carbonyl (C=O) groups is 1. The lowest BCUT2D eigenvalue weighted by atomic mass is 9.77. The Kier molecular flexibility index (Phi) is 2.19. The molecule has 4 nitrogen and oxygen atoms in total. The minimum atomic E-state index is -1.55. The third-order valence-corrected chi connectivity index (χ3v) is 2.13. The van der Waals surface area contributed by atoms with Crippen LogP contribution in [0, 0.1) is 0 Å². The molecule has 0 bridgehead atoms. The van der Waals surface area contributed by atoms with Crippen molar-refractivity contribution in [1.29, 1.82) is 0 Å². The van der Waals surface area contributed by atoms with E-state index in [1.165, 1.54) is 6.21 Å². The Hall–Kier alpha value is -1.46. The molecule has 70 valence electrons. The van der Waals surface area contributed by atoms with Gasteiger partial charge in [0.05, 0.1) is 11.9 Å². The molecule has 2 rings (SSSR count). The van der Waals surface area contributed by atoms with Crippen LogP contribution in [0.3, 0.4) is 0 Å². The molecule has 0 spiro atoms. The summed E-state index contributed by atoms with van der Waals surface area (Å²) in [5.41, 5.74) is 1.58. The van der Waals surface area contributed by atoms with Gasteiger partial charge in [0.25, 0.3) is 0 Å². The Morgan fingerprint density at radius 2 is 2.14 bits per heavy atom. The molecule has 14 heavy (non-hydrogen) atoms. The van der Waals surface area contributed by atoms with Crippen molar-refractivity contribution < 1.29 is 14.8 Å². The van der Waals surface area contributed by atoms with Crippen molar-refractivity contribution in [3.63, 3.8) is 0 Å². The lowest BCUT2D eigenvalue weighted by molar-refractivity contribution is -0.112. The molecule has 0 aliphatic carbocycles. The number of carbonyl (C=O) groups excluding carboxylic acids is 1. The smallest absolute Gasteiger partial charge is 0.423 e. The monoisotopic (exact) mass is 189 g/mol. The Morgan fingerprint density at radius 3 is 2.86 bits per heavy atom. The topological polar surface area (TPSA) is 69.9 Å². The second-order valence-electron chi connectivity index (χ2n) is 3.13. The summed E-state index contributed by atoms with van der Waals surface area (Å²) in [6, 6.07) is 5.02. The predicted molar refractivity (Wildman–Crippen MR) is 53.1 cm³/mol. The zero-order valence-electron chi connectivity index (χ0n) is 7.34. The van der Waals surface area contributed by atoms with Gasteiger partial charge in [0.2, 0.25) is 0 Å². The highest BCUT2D eigenvalue weighted by molar-refractivity contribution is 6.60. The van der Waals surface area contributed by atoms with Crippen LogP contribution in [0.5, 0.6) is 0 Å². The molecule has 0 fully saturated rings. The van der Waals surface area contributed by atoms with Gasteiger partial charge in [-0.05, 0) is 5.56 Å². The lowest BCUT2D eigenvalue weighted by Crippen LogP contribution is -2.31. The van der Waals surface area contributed by atoms with E-state index in [9.17, 15) is 4.79 Å². The van der Waals surface area contributed by atoms with Crippen molar-refractivity contribution in [2.45, 2.75) is 6.42 Å². The number of rotatable bonds is 1. The molecule has 0 radical (unpaired) electrons. The van der Waals surface area contributed by atoms with Gasteiger partial charge in [-0.2, -0.15) is 0 Å². The molecule has 1 aromatic carbocycles. The molecular weight excluding hydrogens is 181 g/mol. The summed E-state index contributed by atoms with van der Waals surface area (Å²) in [4.78, 5) is 14.9. The Labute approximate surface area is 81.1 Å². The highest BCUT2D eigenvalue weighted by atomic mass is 16.4. The second-order valence-corrected chi connectivity index (χ2v) is 3.13. The standard InChI is InChI=1S/C9H8BNO3/c12-7-4-6-2-1-3-8(10(13)14)9(6)11-5-7/h1-3,5,13-14H,4H2. The highest BCUT2D eigenvalue weighted by Crippen LogP contribution is 2.20. The van der Waals surface area contributed by atoms with Crippen LogP contribution in [0.4, 0.5) is 5.69 Å². The predicted octanol–water partition coefficient (Wildman–Crippen LogP) is -0.806. The molecule has 2 N–H and O–H groups in total. The van der Waals surface area contributed by atoms with Gasteiger partial charge >= 0.3 is 7.12 Å². The van der Waals surface area contributed by atoms with Gasteiger partial charge in [-0.15, -0.1) is 0 Å². The fraction of sp³-hybridized carbons (Fsp3) is 0.111. The van der Waals surface area contributed by atoms with Crippen LogP contribution in [-0.4, -0.2) is 29.2 Å². The van der Waals surface area contributed by atoms with Crippen molar-refractivity contribution in [3.05, 3.63) is 23.8 Å². The third-order valence-electron chi connectivity index (χ3n) is 2.13. The van der Waals surface area contributed by atoms with Crippen LogP contribution < -0.4 is 5.46 Å². The van der Waals surface area contributed by atoms with Gasteiger partial charge in [0.15, 0.2) is 5.78 Å². The quantitative estimate of drug-likeness (QED) is 0.567.